The third-order valence-corrected chi connectivity index (χ3v) is 11.4. The summed E-state index contributed by atoms with van der Waals surface area (Å²) in [5.41, 5.74) is 1.05. The Bertz CT molecular complexity index is 636. The molecule has 4 aliphatic rings. The number of hydrogen-bond donors (Lipinski definition) is 1. The van der Waals surface area contributed by atoms with E-state index in [1.807, 2.05) is 0 Å². The molecule has 3 unspecified atom stereocenters. The second-order valence-corrected chi connectivity index (χ2v) is 13.4. The molecule has 0 spiro atoms. The number of rotatable bonds is 6. The molecule has 1 heteroatoms. The van der Waals surface area contributed by atoms with E-state index in [9.17, 15) is 5.11 Å². The monoisotopic (exact) mass is 428 g/mol. The average Bonchev–Trinajstić information content (AvgIpc) is 3.06. The molecule has 0 aromatic heterocycles. The minimum absolute atomic E-state index is 0.109. The van der Waals surface area contributed by atoms with E-state index in [1.54, 1.807) is 0 Å². The fourth-order valence-electron chi connectivity index (χ4n) is 9.82. The van der Waals surface area contributed by atoms with Crippen molar-refractivity contribution in [2.24, 2.45) is 58.2 Å². The van der Waals surface area contributed by atoms with E-state index in [0.29, 0.717) is 16.7 Å². The smallest absolute Gasteiger partial charge is 0.0605 e. The Labute approximate surface area is 193 Å². The molecule has 4 fully saturated rings. The van der Waals surface area contributed by atoms with Gasteiger partial charge in [-0.3, -0.25) is 0 Å². The highest BCUT2D eigenvalue weighted by molar-refractivity contribution is 5.11. The molecule has 0 radical (unpaired) electrons. The predicted octanol–water partition coefficient (Wildman–Crippen LogP) is 8.27. The van der Waals surface area contributed by atoms with Crippen LogP contribution in [-0.2, 0) is 0 Å². The number of aliphatic hydroxyl groups is 1. The Morgan fingerprint density at radius 2 is 1.68 bits per heavy atom. The van der Waals surface area contributed by atoms with Crippen LogP contribution in [0.25, 0.3) is 0 Å². The van der Waals surface area contributed by atoms with Crippen molar-refractivity contribution in [3.63, 3.8) is 0 Å². The minimum Gasteiger partial charge on any atom is -0.393 e. The second-order valence-electron chi connectivity index (χ2n) is 13.4. The Kier molecular flexibility index (Phi) is 7.04. The normalized spacial score (nSPS) is 48.5. The predicted molar refractivity (Wildman–Crippen MR) is 133 cm³/mol. The quantitative estimate of drug-likeness (QED) is 0.422. The molecule has 4 rings (SSSR count). The van der Waals surface area contributed by atoms with Crippen LogP contribution in [0.5, 0.6) is 0 Å². The number of aliphatic hydroxyl groups excluding tert-OH is 1. The molecular weight excluding hydrogens is 376 g/mol. The third kappa shape index (κ3) is 4.20. The Hall–Kier alpha value is -0.300. The molecule has 178 valence electrons. The zero-order chi connectivity index (χ0) is 22.4. The molecule has 31 heavy (non-hydrogen) atoms. The van der Waals surface area contributed by atoms with Gasteiger partial charge in [0.25, 0.3) is 0 Å². The standard InChI is InChI=1S/C30H52O/c1-7-9-22-19-30(6)23(18-28(22)31)12-13-24-26-15-14-25(21(4)11-8-10-20(2)3)29(26,5)17-16-27(24)30/h7,9,20-28,31H,8,10-19H2,1-6H3/t21-,22?,23?,24+,25-,26+,27+,28?,29-,30+/m1/s1. The lowest BCUT2D eigenvalue weighted by atomic mass is 9.43. The van der Waals surface area contributed by atoms with E-state index in [2.05, 4.69) is 53.7 Å². The highest BCUT2D eigenvalue weighted by Crippen LogP contribution is 2.68. The summed E-state index contributed by atoms with van der Waals surface area (Å²) < 4.78 is 0. The molecule has 0 aromatic rings. The van der Waals surface area contributed by atoms with Gasteiger partial charge in [-0.25, -0.2) is 0 Å². The summed E-state index contributed by atoms with van der Waals surface area (Å²) in [6.45, 7) is 14.8. The van der Waals surface area contributed by atoms with Gasteiger partial charge in [-0.05, 0) is 111 Å². The van der Waals surface area contributed by atoms with Crippen LogP contribution in [0, 0.1) is 58.2 Å². The van der Waals surface area contributed by atoms with Crippen molar-refractivity contribution in [3.05, 3.63) is 12.2 Å². The molecule has 1 N–H and O–H groups in total. The second kappa shape index (κ2) is 9.15. The van der Waals surface area contributed by atoms with Crippen LogP contribution in [0.3, 0.4) is 0 Å². The van der Waals surface area contributed by atoms with Crippen molar-refractivity contribution in [1.82, 2.24) is 0 Å². The number of hydrogen-bond acceptors (Lipinski definition) is 1. The summed E-state index contributed by atoms with van der Waals surface area (Å²) in [4.78, 5) is 0. The maximum absolute atomic E-state index is 10.8. The SMILES string of the molecule is CC=CC1C[C@@]2(C)C(CC[C@H]3[C@@H]4CC[C@H]([C@H](C)CCCC(C)C)[C@@]4(C)CC[C@@H]32)CC1O. The van der Waals surface area contributed by atoms with Gasteiger partial charge in [0, 0.05) is 5.92 Å². The molecule has 1 nitrogen and oxygen atoms in total. The topological polar surface area (TPSA) is 20.2 Å². The lowest BCUT2D eigenvalue weighted by molar-refractivity contribution is -0.139. The van der Waals surface area contributed by atoms with E-state index < -0.39 is 0 Å². The Morgan fingerprint density at radius 3 is 2.39 bits per heavy atom. The Morgan fingerprint density at radius 1 is 0.935 bits per heavy atom. The molecule has 0 aromatic carbocycles. The van der Waals surface area contributed by atoms with Gasteiger partial charge in [0.15, 0.2) is 0 Å². The van der Waals surface area contributed by atoms with Crippen molar-refractivity contribution in [2.75, 3.05) is 0 Å². The van der Waals surface area contributed by atoms with Gasteiger partial charge < -0.3 is 5.11 Å². The molecule has 4 aliphatic carbocycles. The van der Waals surface area contributed by atoms with Crippen molar-refractivity contribution < 1.29 is 5.11 Å². The largest absolute Gasteiger partial charge is 0.393 e. The van der Waals surface area contributed by atoms with Crippen LogP contribution in [0.4, 0.5) is 0 Å². The van der Waals surface area contributed by atoms with E-state index in [-0.39, 0.29) is 6.10 Å². The number of allylic oxidation sites excluding steroid dienone is 1. The van der Waals surface area contributed by atoms with Gasteiger partial charge in [-0.2, -0.15) is 0 Å². The van der Waals surface area contributed by atoms with Crippen molar-refractivity contribution in [3.8, 4) is 0 Å². The maximum atomic E-state index is 10.8. The molecule has 0 bridgehead atoms. The van der Waals surface area contributed by atoms with Crippen LogP contribution < -0.4 is 0 Å². The minimum atomic E-state index is -0.109. The summed E-state index contributed by atoms with van der Waals surface area (Å²) in [5.74, 6) is 6.67. The van der Waals surface area contributed by atoms with Gasteiger partial charge >= 0.3 is 0 Å². The van der Waals surface area contributed by atoms with Crippen molar-refractivity contribution >= 4 is 0 Å². The van der Waals surface area contributed by atoms with Gasteiger partial charge in [0.05, 0.1) is 6.10 Å². The fraction of sp³-hybridized carbons (Fsp3) is 0.933. The van der Waals surface area contributed by atoms with Crippen LogP contribution in [-0.4, -0.2) is 11.2 Å². The molecule has 0 saturated heterocycles. The van der Waals surface area contributed by atoms with Crippen molar-refractivity contribution in [1.29, 1.82) is 0 Å². The molecular formula is C30H52O. The van der Waals surface area contributed by atoms with E-state index in [0.717, 1.165) is 47.8 Å². The summed E-state index contributed by atoms with van der Waals surface area (Å²) in [7, 11) is 0. The third-order valence-electron chi connectivity index (χ3n) is 11.4. The molecule has 0 aliphatic heterocycles. The molecule has 0 amide bonds. The van der Waals surface area contributed by atoms with E-state index >= 15 is 0 Å². The maximum Gasteiger partial charge on any atom is 0.0605 e. The van der Waals surface area contributed by atoms with Gasteiger partial charge in [-0.1, -0.05) is 66.0 Å². The van der Waals surface area contributed by atoms with Gasteiger partial charge in [0.2, 0.25) is 0 Å². The van der Waals surface area contributed by atoms with E-state index in [1.165, 1.54) is 64.2 Å². The summed E-state index contributed by atoms with van der Waals surface area (Å²) in [6.07, 6.45) is 19.7. The first-order valence-corrected chi connectivity index (χ1v) is 14.0. The fourth-order valence-corrected chi connectivity index (χ4v) is 9.82. The first-order chi connectivity index (χ1) is 14.7. The van der Waals surface area contributed by atoms with Crippen LogP contribution in [0.15, 0.2) is 12.2 Å². The summed E-state index contributed by atoms with van der Waals surface area (Å²) in [5, 5.41) is 10.8. The van der Waals surface area contributed by atoms with E-state index in [4.69, 9.17) is 0 Å². The van der Waals surface area contributed by atoms with Crippen LogP contribution in [0.1, 0.15) is 112 Å². The molecule has 4 saturated carbocycles. The number of fused-ring (bicyclic) bond motifs is 5. The molecule has 10 atom stereocenters. The van der Waals surface area contributed by atoms with Crippen molar-refractivity contribution in [2.45, 2.75) is 118 Å². The highest BCUT2D eigenvalue weighted by Gasteiger charge is 2.61. The summed E-state index contributed by atoms with van der Waals surface area (Å²) in [6, 6.07) is 0. The average molecular weight is 429 g/mol. The van der Waals surface area contributed by atoms with Gasteiger partial charge in [-0.15, -0.1) is 0 Å². The lowest BCUT2D eigenvalue weighted by Gasteiger charge is -2.62. The van der Waals surface area contributed by atoms with Crippen LogP contribution >= 0.6 is 0 Å². The highest BCUT2D eigenvalue weighted by atomic mass is 16.3. The first kappa shape index (κ1) is 23.8. The first-order valence-electron chi connectivity index (χ1n) is 14.0. The van der Waals surface area contributed by atoms with Crippen LogP contribution in [0.2, 0.25) is 0 Å². The van der Waals surface area contributed by atoms with Gasteiger partial charge in [0.1, 0.15) is 0 Å². The lowest BCUT2D eigenvalue weighted by Crippen LogP contribution is -2.55. The summed E-state index contributed by atoms with van der Waals surface area (Å²) >= 11 is 0. The zero-order valence-electron chi connectivity index (χ0n) is 21.6. The Balaban J connectivity index is 1.49. The zero-order valence-corrected chi connectivity index (χ0v) is 21.6. The molecule has 0 heterocycles.